The van der Waals surface area contributed by atoms with E-state index in [2.05, 4.69) is 19.8 Å². The number of hydrogen-bond donors (Lipinski definition) is 1. The average Bonchev–Trinajstić information content (AvgIpc) is 3.77. The van der Waals surface area contributed by atoms with E-state index in [4.69, 9.17) is 4.74 Å². The van der Waals surface area contributed by atoms with Crippen molar-refractivity contribution in [2.24, 2.45) is 17.8 Å². The smallest absolute Gasteiger partial charge is 0.407 e. The number of aryl methyl sites for hydroxylation is 1. The van der Waals surface area contributed by atoms with E-state index in [0.29, 0.717) is 37.8 Å². The molecule has 3 aromatic rings. The molecule has 0 unspecified atom stereocenters. The number of aromatic nitrogens is 2. The number of imidazole rings is 1. The predicted octanol–water partition coefficient (Wildman–Crippen LogP) is 4.80. The second-order valence-corrected chi connectivity index (χ2v) is 20.6. The molecule has 16 heteroatoms. The lowest BCUT2D eigenvalue weighted by Gasteiger charge is -2.51. The number of benzene rings is 2. The van der Waals surface area contributed by atoms with Gasteiger partial charge >= 0.3 is 6.09 Å². The lowest BCUT2D eigenvalue weighted by Crippen LogP contribution is -2.56. The molecule has 4 heterocycles. The first-order valence-corrected chi connectivity index (χ1v) is 23.3. The number of nitrogens with one attached hydrogen (secondary N) is 1. The van der Waals surface area contributed by atoms with Gasteiger partial charge in [-0.2, -0.15) is 0 Å². The van der Waals surface area contributed by atoms with Crippen molar-refractivity contribution < 1.29 is 35.1 Å². The van der Waals surface area contributed by atoms with Crippen molar-refractivity contribution >= 4 is 31.5 Å². The Morgan fingerprint density at radius 3 is 2.40 bits per heavy atom. The van der Waals surface area contributed by atoms with Gasteiger partial charge in [-0.3, -0.25) is 4.90 Å². The number of piperidine rings is 1. The molecule has 1 aliphatic carbocycles. The van der Waals surface area contributed by atoms with E-state index in [9.17, 15) is 21.6 Å². The predicted molar refractivity (Wildman–Crippen MR) is 214 cm³/mol. The van der Waals surface area contributed by atoms with Crippen molar-refractivity contribution in [2.75, 3.05) is 70.6 Å². The normalized spacial score (nSPS) is 23.0. The summed E-state index contributed by atoms with van der Waals surface area (Å²) in [6, 6.07) is 11.1. The largest absolute Gasteiger partial charge is 0.453 e. The summed E-state index contributed by atoms with van der Waals surface area (Å²) >= 11 is 0. The van der Waals surface area contributed by atoms with Crippen LogP contribution in [0.1, 0.15) is 43.5 Å². The van der Waals surface area contributed by atoms with E-state index in [-0.39, 0.29) is 41.7 Å². The fraction of sp³-hybridized carbons (Fsp3) is 0.561. The molecule has 4 aliphatic rings. The molecule has 0 radical (unpaired) electrons. The average molecular weight is 829 g/mol. The van der Waals surface area contributed by atoms with Crippen LogP contribution in [0, 0.1) is 36.3 Å². The molecule has 0 spiro atoms. The molecular formula is C41H54F2N6O6S2. The molecule has 1 aromatic heterocycles. The summed E-state index contributed by atoms with van der Waals surface area (Å²) in [7, 11) is -5.60. The van der Waals surface area contributed by atoms with E-state index in [0.717, 1.165) is 80.9 Å². The Labute approximate surface area is 335 Å². The second kappa shape index (κ2) is 16.8. The van der Waals surface area contributed by atoms with Crippen molar-refractivity contribution in [1.82, 2.24) is 24.7 Å². The van der Waals surface area contributed by atoms with Crippen LogP contribution < -0.4 is 10.2 Å². The highest BCUT2D eigenvalue weighted by Crippen LogP contribution is 2.52. The molecule has 7 rings (SSSR count). The Hall–Kier alpha value is -3.86. The van der Waals surface area contributed by atoms with Gasteiger partial charge in [0.25, 0.3) is 0 Å². The lowest BCUT2D eigenvalue weighted by atomic mass is 9.58. The first-order chi connectivity index (χ1) is 27.2. The number of halogens is 2. The highest BCUT2D eigenvalue weighted by molar-refractivity contribution is 7.93. The third kappa shape index (κ3) is 8.93. The highest BCUT2D eigenvalue weighted by atomic mass is 32.2. The fourth-order valence-corrected chi connectivity index (χ4v) is 12.1. The van der Waals surface area contributed by atoms with Crippen LogP contribution >= 0.6 is 0 Å². The number of amides is 1. The van der Waals surface area contributed by atoms with Gasteiger partial charge in [-0.1, -0.05) is 24.6 Å². The number of rotatable bonds is 14. The molecule has 12 nitrogen and oxygen atoms in total. The van der Waals surface area contributed by atoms with Crippen LogP contribution in [0.5, 0.6) is 0 Å². The van der Waals surface area contributed by atoms with Crippen LogP contribution in [-0.4, -0.2) is 119 Å². The Kier molecular flexibility index (Phi) is 12.2. The molecular weight excluding hydrogens is 775 g/mol. The summed E-state index contributed by atoms with van der Waals surface area (Å²) in [5.41, 5.74) is 0.857. The van der Waals surface area contributed by atoms with Crippen LogP contribution in [0.4, 0.5) is 19.3 Å². The Bertz CT molecular complexity index is 2160. The molecule has 0 bridgehead atoms. The molecule has 3 atom stereocenters. The first-order valence-electron chi connectivity index (χ1n) is 19.8. The number of alkyl carbamates (subject to hydrolysis) is 1. The third-order valence-corrected chi connectivity index (χ3v) is 15.6. The van der Waals surface area contributed by atoms with Gasteiger partial charge in [-0.05, 0) is 93.4 Å². The van der Waals surface area contributed by atoms with Gasteiger partial charge < -0.3 is 24.4 Å². The molecule has 57 heavy (non-hydrogen) atoms. The van der Waals surface area contributed by atoms with E-state index in [1.807, 2.05) is 29.0 Å². The van der Waals surface area contributed by atoms with Gasteiger partial charge in [-0.15, -0.1) is 0 Å². The minimum atomic E-state index is -3.74. The maximum absolute atomic E-state index is 15.5. The molecule has 1 saturated carbocycles. The zero-order valence-corrected chi connectivity index (χ0v) is 34.5. The Morgan fingerprint density at radius 1 is 1.00 bits per heavy atom. The van der Waals surface area contributed by atoms with Crippen molar-refractivity contribution in [2.45, 2.75) is 67.2 Å². The SMILES string of the molecule is COC(=O)N[C@H]1CCC[C@@H]1[C@](Cn1ccnc1C)(c1cccc(F)c1)C1CCN(CC2CN(c3ccc(S(=O)(=O)C4CN(C/C=C/S(C)(=O)=O)C4)cc3F)C2)CC1. The van der Waals surface area contributed by atoms with Crippen LogP contribution in [0.2, 0.25) is 0 Å². The van der Waals surface area contributed by atoms with Crippen LogP contribution in [0.3, 0.4) is 0 Å². The minimum Gasteiger partial charge on any atom is -0.453 e. The highest BCUT2D eigenvalue weighted by Gasteiger charge is 2.52. The van der Waals surface area contributed by atoms with Gasteiger partial charge in [0, 0.05) is 87.2 Å². The van der Waals surface area contributed by atoms with Crippen molar-refractivity contribution in [3.05, 3.63) is 89.4 Å². The zero-order valence-electron chi connectivity index (χ0n) is 32.9. The van der Waals surface area contributed by atoms with Crippen LogP contribution in [-0.2, 0) is 36.4 Å². The number of carbonyl (C=O) groups excluding carboxylic acids is 1. The number of methoxy groups -OCH3 is 1. The summed E-state index contributed by atoms with van der Waals surface area (Å²) < 4.78 is 86.9. The quantitative estimate of drug-likeness (QED) is 0.242. The Balaban J connectivity index is 0.992. The molecule has 3 saturated heterocycles. The zero-order chi connectivity index (χ0) is 40.5. The topological polar surface area (TPSA) is 134 Å². The van der Waals surface area contributed by atoms with Gasteiger partial charge in [0.1, 0.15) is 17.5 Å². The maximum atomic E-state index is 15.5. The number of nitrogens with zero attached hydrogens (tertiary/aromatic N) is 5. The van der Waals surface area contributed by atoms with Crippen LogP contribution in [0.25, 0.3) is 0 Å². The molecule has 4 fully saturated rings. The van der Waals surface area contributed by atoms with E-state index < -0.39 is 42.2 Å². The van der Waals surface area contributed by atoms with Gasteiger partial charge in [0.05, 0.1) is 22.9 Å². The maximum Gasteiger partial charge on any atom is 0.407 e. The second-order valence-electron chi connectivity index (χ2n) is 16.5. The molecule has 1 N–H and O–H groups in total. The summed E-state index contributed by atoms with van der Waals surface area (Å²) in [6.45, 7) is 7.35. The summed E-state index contributed by atoms with van der Waals surface area (Å²) in [5, 5.41) is 3.57. The standard InChI is InChI=1S/C41H54F2N6O6S2/c1-29-44-15-19-48(29)28-41(32-7-4-8-33(42)21-32,36-9-5-10-38(36)45-40(50)55-2)31-13-17-46(18-14-31)23-30-24-49(25-30)39-12-11-34(22-37(39)43)57(53,54)35-26-47(27-35)16-6-20-56(3,51)52/h4,6-8,11-12,15,19-22,30-31,35-36,38H,5,9-10,13-14,16-18,23-28H2,1-3H3,(H,45,50)/b20-6+/t36-,38-,41-/m0/s1. The number of sulfone groups is 2. The molecule has 2 aromatic carbocycles. The van der Waals surface area contributed by atoms with Crippen molar-refractivity contribution in [3.8, 4) is 0 Å². The van der Waals surface area contributed by atoms with E-state index in [1.54, 1.807) is 24.4 Å². The van der Waals surface area contributed by atoms with Crippen LogP contribution in [0.15, 0.2) is 71.2 Å². The number of hydrogen-bond acceptors (Lipinski definition) is 10. The lowest BCUT2D eigenvalue weighted by molar-refractivity contribution is 0.0542. The fourth-order valence-electron chi connectivity index (χ4n) is 9.91. The van der Waals surface area contributed by atoms with Gasteiger partial charge in [0.2, 0.25) is 0 Å². The summed E-state index contributed by atoms with van der Waals surface area (Å²) in [6.07, 6.45) is 10.4. The molecule has 310 valence electrons. The summed E-state index contributed by atoms with van der Waals surface area (Å²) in [5.74, 6) is 0.618. The van der Waals surface area contributed by atoms with Gasteiger partial charge in [-0.25, -0.2) is 35.4 Å². The third-order valence-electron chi connectivity index (χ3n) is 12.8. The molecule has 3 aliphatic heterocycles. The van der Waals surface area contributed by atoms with Crippen molar-refractivity contribution in [3.63, 3.8) is 0 Å². The van der Waals surface area contributed by atoms with Crippen molar-refractivity contribution in [1.29, 1.82) is 0 Å². The first kappa shape index (κ1) is 41.3. The van der Waals surface area contributed by atoms with E-state index >= 15 is 8.78 Å². The van der Waals surface area contributed by atoms with Gasteiger partial charge in [0.15, 0.2) is 19.7 Å². The number of likely N-dealkylation sites (tertiary alicyclic amines) is 2. The number of anilines is 1. The minimum absolute atomic E-state index is 0.0393. The number of ether oxygens (including phenoxy) is 1. The number of carbonyl (C=O) groups is 1. The van der Waals surface area contributed by atoms with E-state index in [1.165, 1.54) is 25.3 Å². The summed E-state index contributed by atoms with van der Waals surface area (Å²) in [4.78, 5) is 23.3. The molecule has 1 amide bonds. The monoisotopic (exact) mass is 828 g/mol. The Morgan fingerprint density at radius 2 is 1.75 bits per heavy atom.